The molecule has 0 aliphatic heterocycles. The summed E-state index contributed by atoms with van der Waals surface area (Å²) >= 11 is 1.25. The average molecular weight is 638 g/mol. The number of esters is 1. The largest absolute Gasteiger partial charge is 0.458 e. The van der Waals surface area contributed by atoms with Crippen LogP contribution in [0.1, 0.15) is 142 Å². The number of ether oxygens (including phenoxy) is 1. The topological polar surface area (TPSA) is 52.3 Å². The van der Waals surface area contributed by atoms with Gasteiger partial charge in [-0.25, -0.2) is 4.79 Å². The van der Waals surface area contributed by atoms with Crippen molar-refractivity contribution in [1.82, 2.24) is 0 Å². The molecule has 45 heavy (non-hydrogen) atoms. The molecular weight excluding hydrogens is 571 g/mol. The molecule has 4 heteroatoms. The second-order valence-electron chi connectivity index (χ2n) is 16.0. The second kappa shape index (κ2) is 15.6. The van der Waals surface area contributed by atoms with Crippen LogP contribution in [0.5, 0.6) is 0 Å². The van der Waals surface area contributed by atoms with Crippen LogP contribution in [0, 0.1) is 59.7 Å². The summed E-state index contributed by atoms with van der Waals surface area (Å²) in [6.45, 7) is 25.1. The normalized spacial score (nSPS) is 33.4. The molecule has 3 saturated carbocycles. The van der Waals surface area contributed by atoms with E-state index >= 15 is 0 Å². The van der Waals surface area contributed by atoms with E-state index in [2.05, 4.69) is 80.5 Å². The Bertz CT molecular complexity index is 1190. The minimum absolute atomic E-state index is 0.0666. The molecule has 0 heterocycles. The summed E-state index contributed by atoms with van der Waals surface area (Å²) in [6, 6.07) is 6.05. The van der Waals surface area contributed by atoms with Gasteiger partial charge in [0.15, 0.2) is 0 Å². The third-order valence-electron chi connectivity index (χ3n) is 12.5. The van der Waals surface area contributed by atoms with Gasteiger partial charge in [0.25, 0.3) is 0 Å². The van der Waals surface area contributed by atoms with E-state index in [0.717, 1.165) is 53.6 Å². The molecule has 0 spiro atoms. The van der Waals surface area contributed by atoms with E-state index in [0.29, 0.717) is 11.0 Å². The summed E-state index contributed by atoms with van der Waals surface area (Å²) in [5.41, 5.74) is 6.55. The van der Waals surface area contributed by atoms with Crippen molar-refractivity contribution in [1.29, 1.82) is 0 Å². The zero-order valence-electron chi connectivity index (χ0n) is 31.0. The van der Waals surface area contributed by atoms with Crippen LogP contribution in [0.25, 0.3) is 0 Å². The highest BCUT2D eigenvalue weighted by Gasteiger charge is 2.61. The number of allylic oxidation sites excluding steroid dienone is 3. The summed E-state index contributed by atoms with van der Waals surface area (Å²) in [5.74, 6) is 3.97. The second-order valence-corrected chi connectivity index (χ2v) is 16.5. The first-order valence-electron chi connectivity index (χ1n) is 18.1. The lowest BCUT2D eigenvalue weighted by atomic mass is 9.44. The monoisotopic (exact) mass is 637 g/mol. The number of hydrogen-bond acceptors (Lipinski definition) is 4. The fourth-order valence-corrected chi connectivity index (χ4v) is 10.7. The highest BCUT2D eigenvalue weighted by molar-refractivity contribution is 7.96. The van der Waals surface area contributed by atoms with Gasteiger partial charge in [0.05, 0.1) is 5.56 Å². The maximum Gasteiger partial charge on any atom is 0.338 e. The lowest BCUT2D eigenvalue weighted by Crippen LogP contribution is -2.55. The Labute approximate surface area is 282 Å². The minimum Gasteiger partial charge on any atom is -0.458 e. The van der Waals surface area contributed by atoms with Crippen molar-refractivity contribution >= 4 is 17.9 Å². The molecule has 1 aromatic carbocycles. The van der Waals surface area contributed by atoms with Crippen molar-refractivity contribution in [3.05, 3.63) is 58.2 Å². The Morgan fingerprint density at radius 1 is 1.00 bits per heavy atom. The fraction of sp³-hybridized carbons (Fsp3) is 0.732. The quantitative estimate of drug-likeness (QED) is 0.191. The SMILES string of the molecule is CC.CC(C)=CCCC(C)C1CCC2C3CC=C4C(C)(C)C(OC(=O)c5cc(C)cc(C)c5)CCC4(C)C3CCC12C.CSN. The van der Waals surface area contributed by atoms with Gasteiger partial charge >= 0.3 is 5.97 Å². The van der Waals surface area contributed by atoms with Crippen molar-refractivity contribution in [2.75, 3.05) is 6.26 Å². The molecule has 1 aromatic rings. The molecule has 8 atom stereocenters. The molecule has 3 fully saturated rings. The number of carbonyl (C=O) groups is 1. The van der Waals surface area contributed by atoms with Crippen molar-refractivity contribution < 1.29 is 9.53 Å². The molecule has 0 bridgehead atoms. The van der Waals surface area contributed by atoms with Gasteiger partial charge in [-0.15, -0.1) is 0 Å². The van der Waals surface area contributed by atoms with E-state index in [1.807, 2.05) is 32.2 Å². The van der Waals surface area contributed by atoms with Gasteiger partial charge in [-0.1, -0.05) is 101 Å². The van der Waals surface area contributed by atoms with Gasteiger partial charge < -0.3 is 4.74 Å². The Morgan fingerprint density at radius 2 is 1.62 bits per heavy atom. The lowest BCUT2D eigenvalue weighted by molar-refractivity contribution is -0.0826. The maximum absolute atomic E-state index is 13.3. The van der Waals surface area contributed by atoms with Gasteiger partial charge in [-0.3, -0.25) is 5.14 Å². The Morgan fingerprint density at radius 3 is 2.22 bits per heavy atom. The van der Waals surface area contributed by atoms with Crippen LogP contribution < -0.4 is 5.14 Å². The standard InChI is InChI=1S/C38H56O2.C2H6.CH5NS/c1-24(2)11-10-12-27(5)30-14-15-31-29-13-16-33-36(6,7)34(40-35(39)28-22-25(3)21-26(4)23-28)18-20-38(33,9)32(29)17-19-37(30,31)8;1-2;1-3-2/h11,16,21-23,27,29-32,34H,10,12-15,17-20H2,1-9H3;1-2H3;2H2,1H3. The third kappa shape index (κ3) is 7.80. The predicted octanol–water partition coefficient (Wildman–Crippen LogP) is 11.7. The number of benzene rings is 1. The van der Waals surface area contributed by atoms with E-state index in [-0.39, 0.29) is 22.9 Å². The van der Waals surface area contributed by atoms with Crippen molar-refractivity contribution in [3.63, 3.8) is 0 Å². The number of fused-ring (bicyclic) bond motifs is 5. The van der Waals surface area contributed by atoms with E-state index in [4.69, 9.17) is 9.88 Å². The van der Waals surface area contributed by atoms with Gasteiger partial charge in [0.1, 0.15) is 6.10 Å². The van der Waals surface area contributed by atoms with Gasteiger partial charge in [-0.2, -0.15) is 0 Å². The van der Waals surface area contributed by atoms with Crippen molar-refractivity contribution in [2.45, 2.75) is 140 Å². The van der Waals surface area contributed by atoms with Crippen LogP contribution in [0.15, 0.2) is 41.5 Å². The van der Waals surface area contributed by atoms with Crippen LogP contribution in [0.4, 0.5) is 0 Å². The summed E-state index contributed by atoms with van der Waals surface area (Å²) in [7, 11) is 0. The maximum atomic E-state index is 13.3. The number of nitrogens with two attached hydrogens (primary N) is 1. The third-order valence-corrected chi connectivity index (χ3v) is 12.5. The van der Waals surface area contributed by atoms with Crippen molar-refractivity contribution in [3.8, 4) is 0 Å². The van der Waals surface area contributed by atoms with Gasteiger partial charge in [0.2, 0.25) is 0 Å². The lowest BCUT2D eigenvalue weighted by Gasteiger charge is -2.61. The highest BCUT2D eigenvalue weighted by Crippen LogP contribution is 2.69. The molecule has 8 unspecified atom stereocenters. The summed E-state index contributed by atoms with van der Waals surface area (Å²) in [6.07, 6.45) is 18.3. The Kier molecular flexibility index (Phi) is 13.1. The summed E-state index contributed by atoms with van der Waals surface area (Å²) in [5, 5.41) is 4.76. The first kappa shape index (κ1) is 37.9. The van der Waals surface area contributed by atoms with E-state index in [1.54, 1.807) is 5.57 Å². The first-order valence-corrected chi connectivity index (χ1v) is 19.3. The molecule has 254 valence electrons. The molecule has 0 radical (unpaired) electrons. The molecule has 4 aliphatic rings. The number of hydrogen-bond donors (Lipinski definition) is 1. The molecule has 3 nitrogen and oxygen atoms in total. The van der Waals surface area contributed by atoms with Crippen LogP contribution >= 0.6 is 11.9 Å². The van der Waals surface area contributed by atoms with Crippen LogP contribution in [0.2, 0.25) is 0 Å². The summed E-state index contributed by atoms with van der Waals surface area (Å²) < 4.78 is 6.32. The molecular formula is C41H67NO2S. The van der Waals surface area contributed by atoms with Crippen LogP contribution in [0.3, 0.4) is 0 Å². The van der Waals surface area contributed by atoms with E-state index < -0.39 is 0 Å². The molecule has 5 rings (SSSR count). The number of rotatable bonds is 6. The Balaban J connectivity index is 0.00000104. The smallest absolute Gasteiger partial charge is 0.338 e. The van der Waals surface area contributed by atoms with E-state index in [1.165, 1.54) is 62.5 Å². The first-order chi connectivity index (χ1) is 21.2. The van der Waals surface area contributed by atoms with Gasteiger partial charge in [-0.05, 0) is 144 Å². The number of carbonyl (C=O) groups excluding carboxylic acids is 1. The molecule has 0 amide bonds. The van der Waals surface area contributed by atoms with Crippen LogP contribution in [-0.2, 0) is 4.74 Å². The minimum atomic E-state index is -0.160. The Hall–Kier alpha value is -1.52. The molecule has 0 saturated heterocycles. The highest BCUT2D eigenvalue weighted by atomic mass is 32.2. The average Bonchev–Trinajstić information content (AvgIpc) is 3.32. The predicted molar refractivity (Wildman–Crippen MR) is 196 cm³/mol. The molecule has 2 N–H and O–H groups in total. The zero-order chi connectivity index (χ0) is 33.7. The zero-order valence-corrected chi connectivity index (χ0v) is 31.8. The van der Waals surface area contributed by atoms with Gasteiger partial charge in [0, 0.05) is 5.41 Å². The molecule has 0 aromatic heterocycles. The van der Waals surface area contributed by atoms with Crippen molar-refractivity contribution in [2.24, 2.45) is 51.0 Å². The fourth-order valence-electron chi connectivity index (χ4n) is 10.7. The van der Waals surface area contributed by atoms with E-state index in [9.17, 15) is 4.79 Å². The molecule has 4 aliphatic carbocycles. The summed E-state index contributed by atoms with van der Waals surface area (Å²) in [4.78, 5) is 13.3. The number of aryl methyl sites for hydroxylation is 2. The van der Waals surface area contributed by atoms with Crippen LogP contribution in [-0.4, -0.2) is 18.3 Å².